The molecule has 0 spiro atoms. The Hall–Kier alpha value is -0.370. The molecule has 2 nitrogen and oxygen atoms in total. The Morgan fingerprint density at radius 3 is 2.53 bits per heavy atom. The molecule has 1 aliphatic rings. The molecule has 88 valence electrons. The number of nitrogens with two attached hydrogens (primary N) is 1. The van der Waals surface area contributed by atoms with Crippen molar-refractivity contribution in [3.63, 3.8) is 0 Å². The molecule has 0 heterocycles. The highest BCUT2D eigenvalue weighted by Gasteiger charge is 2.20. The molecule has 0 aromatic rings. The number of carbonyl (C=O) groups is 1. The van der Waals surface area contributed by atoms with Crippen LogP contribution < -0.4 is 5.73 Å². The lowest BCUT2D eigenvalue weighted by Gasteiger charge is -2.16. The van der Waals surface area contributed by atoms with E-state index in [4.69, 9.17) is 5.73 Å². The molecule has 0 amide bonds. The highest BCUT2D eigenvalue weighted by Crippen LogP contribution is 2.34. The van der Waals surface area contributed by atoms with E-state index < -0.39 is 0 Å². The van der Waals surface area contributed by atoms with Crippen molar-refractivity contribution in [3.8, 4) is 0 Å². The van der Waals surface area contributed by atoms with Crippen molar-refractivity contribution < 1.29 is 4.79 Å². The number of carbonyl (C=O) groups excluding carboxylic acids is 1. The molecule has 0 aliphatic heterocycles. The van der Waals surface area contributed by atoms with Crippen molar-refractivity contribution in [3.05, 3.63) is 0 Å². The molecule has 2 atom stereocenters. The smallest absolute Gasteiger partial charge is 0.146 e. The number of ketones is 1. The third kappa shape index (κ3) is 5.31. The number of unbranched alkanes of at least 4 members (excludes halogenated alkanes) is 2. The molecule has 0 unspecified atom stereocenters. The van der Waals surface area contributed by atoms with Gasteiger partial charge in [-0.15, -0.1) is 0 Å². The molecule has 1 aliphatic carbocycles. The van der Waals surface area contributed by atoms with E-state index in [-0.39, 0.29) is 11.8 Å². The van der Waals surface area contributed by atoms with E-state index in [2.05, 4.69) is 6.92 Å². The average Bonchev–Trinajstić information content (AvgIpc) is 2.99. The van der Waals surface area contributed by atoms with Crippen LogP contribution in [0.3, 0.4) is 0 Å². The van der Waals surface area contributed by atoms with Crippen LogP contribution in [-0.2, 0) is 4.79 Å². The van der Waals surface area contributed by atoms with Gasteiger partial charge in [-0.1, -0.05) is 45.4 Å². The van der Waals surface area contributed by atoms with Gasteiger partial charge in [-0.25, -0.2) is 0 Å². The van der Waals surface area contributed by atoms with E-state index in [0.717, 1.165) is 12.3 Å². The molecule has 2 heteroatoms. The predicted molar refractivity (Wildman–Crippen MR) is 63.6 cm³/mol. The summed E-state index contributed by atoms with van der Waals surface area (Å²) in [6.07, 6.45) is 9.36. The number of rotatable bonds is 8. The van der Waals surface area contributed by atoms with Gasteiger partial charge in [0.1, 0.15) is 5.78 Å². The van der Waals surface area contributed by atoms with Crippen LogP contribution in [0.25, 0.3) is 0 Å². The van der Waals surface area contributed by atoms with Gasteiger partial charge in [0.05, 0.1) is 6.04 Å². The third-order valence-electron chi connectivity index (χ3n) is 3.55. The summed E-state index contributed by atoms with van der Waals surface area (Å²) in [5.74, 6) is 1.53. The van der Waals surface area contributed by atoms with Crippen molar-refractivity contribution in [2.75, 3.05) is 0 Å². The largest absolute Gasteiger partial charge is 0.321 e. The minimum Gasteiger partial charge on any atom is -0.321 e. The molecule has 1 fully saturated rings. The van der Waals surface area contributed by atoms with E-state index in [0.29, 0.717) is 5.92 Å². The van der Waals surface area contributed by atoms with Crippen molar-refractivity contribution in [2.45, 2.75) is 64.8 Å². The standard InChI is InChI=1S/C13H25NO/c1-10(13(14)11(2)15)6-4-3-5-7-12-8-9-12/h10,12-13H,3-9,14H2,1-2H3/t10-,13-/m1/s1. The zero-order valence-electron chi connectivity index (χ0n) is 10.2. The van der Waals surface area contributed by atoms with Crippen LogP contribution >= 0.6 is 0 Å². The quantitative estimate of drug-likeness (QED) is 0.627. The van der Waals surface area contributed by atoms with Crippen LogP contribution in [-0.4, -0.2) is 11.8 Å². The molecule has 2 N–H and O–H groups in total. The second-order valence-electron chi connectivity index (χ2n) is 5.20. The van der Waals surface area contributed by atoms with E-state index in [1.165, 1.54) is 38.5 Å². The summed E-state index contributed by atoms with van der Waals surface area (Å²) in [4.78, 5) is 11.0. The maximum absolute atomic E-state index is 11.0. The Morgan fingerprint density at radius 1 is 1.33 bits per heavy atom. The van der Waals surface area contributed by atoms with Gasteiger partial charge < -0.3 is 5.73 Å². The molecule has 0 saturated heterocycles. The van der Waals surface area contributed by atoms with Gasteiger partial charge in [0.15, 0.2) is 0 Å². The molecular weight excluding hydrogens is 186 g/mol. The normalized spacial score (nSPS) is 19.9. The predicted octanol–water partition coefficient (Wildman–Crippen LogP) is 2.90. The minimum absolute atomic E-state index is 0.125. The lowest BCUT2D eigenvalue weighted by Crippen LogP contribution is -2.35. The summed E-state index contributed by atoms with van der Waals surface area (Å²) >= 11 is 0. The summed E-state index contributed by atoms with van der Waals surface area (Å²) in [6, 6.07) is -0.242. The Morgan fingerprint density at radius 2 is 2.00 bits per heavy atom. The first-order chi connectivity index (χ1) is 7.11. The second kappa shape index (κ2) is 6.26. The Labute approximate surface area is 93.6 Å². The maximum atomic E-state index is 11.0. The van der Waals surface area contributed by atoms with E-state index in [1.54, 1.807) is 6.92 Å². The van der Waals surface area contributed by atoms with Crippen molar-refractivity contribution in [1.82, 2.24) is 0 Å². The maximum Gasteiger partial charge on any atom is 0.146 e. The van der Waals surface area contributed by atoms with E-state index in [9.17, 15) is 4.79 Å². The molecular formula is C13H25NO. The second-order valence-corrected chi connectivity index (χ2v) is 5.20. The van der Waals surface area contributed by atoms with Gasteiger partial charge >= 0.3 is 0 Å². The zero-order valence-corrected chi connectivity index (χ0v) is 10.2. The average molecular weight is 211 g/mol. The van der Waals surface area contributed by atoms with Crippen LogP contribution in [0.2, 0.25) is 0 Å². The van der Waals surface area contributed by atoms with Gasteiger partial charge in [-0.2, -0.15) is 0 Å². The van der Waals surface area contributed by atoms with Gasteiger partial charge in [0, 0.05) is 0 Å². The fraction of sp³-hybridized carbons (Fsp3) is 0.923. The number of Topliss-reactive ketones (excluding diaryl/α,β-unsaturated/α-hetero) is 1. The first-order valence-corrected chi connectivity index (χ1v) is 6.37. The van der Waals surface area contributed by atoms with E-state index >= 15 is 0 Å². The highest BCUT2D eigenvalue weighted by molar-refractivity contribution is 5.81. The molecule has 0 bridgehead atoms. The number of hydrogen-bond donors (Lipinski definition) is 1. The van der Waals surface area contributed by atoms with Crippen LogP contribution in [0.5, 0.6) is 0 Å². The molecule has 0 aromatic carbocycles. The van der Waals surface area contributed by atoms with Crippen molar-refractivity contribution in [1.29, 1.82) is 0 Å². The molecule has 0 radical (unpaired) electrons. The van der Waals surface area contributed by atoms with Gasteiger partial charge in [0.2, 0.25) is 0 Å². The lowest BCUT2D eigenvalue weighted by atomic mass is 9.93. The molecule has 0 aromatic heterocycles. The van der Waals surface area contributed by atoms with E-state index in [1.807, 2.05) is 0 Å². The number of hydrogen-bond acceptors (Lipinski definition) is 2. The Kier molecular flexibility index (Phi) is 5.30. The topological polar surface area (TPSA) is 43.1 Å². The molecule has 1 rings (SSSR count). The monoisotopic (exact) mass is 211 g/mol. The fourth-order valence-corrected chi connectivity index (χ4v) is 2.06. The SMILES string of the molecule is CC(=O)[C@H](N)[C@H](C)CCCCCC1CC1. The Balaban J connectivity index is 1.95. The van der Waals surface area contributed by atoms with Crippen LogP contribution in [0.1, 0.15) is 58.8 Å². The van der Waals surface area contributed by atoms with Gasteiger partial charge in [-0.05, 0) is 25.2 Å². The van der Waals surface area contributed by atoms with Gasteiger partial charge in [0.25, 0.3) is 0 Å². The van der Waals surface area contributed by atoms with Gasteiger partial charge in [-0.3, -0.25) is 4.79 Å². The third-order valence-corrected chi connectivity index (χ3v) is 3.55. The van der Waals surface area contributed by atoms with Crippen LogP contribution in [0, 0.1) is 11.8 Å². The zero-order chi connectivity index (χ0) is 11.3. The fourth-order valence-electron chi connectivity index (χ4n) is 2.06. The highest BCUT2D eigenvalue weighted by atomic mass is 16.1. The summed E-state index contributed by atoms with van der Waals surface area (Å²) in [5, 5.41) is 0. The Bertz CT molecular complexity index is 199. The minimum atomic E-state index is -0.242. The first-order valence-electron chi connectivity index (χ1n) is 6.37. The summed E-state index contributed by atoms with van der Waals surface area (Å²) < 4.78 is 0. The van der Waals surface area contributed by atoms with Crippen LogP contribution in [0.15, 0.2) is 0 Å². The first kappa shape index (κ1) is 12.7. The summed E-state index contributed by atoms with van der Waals surface area (Å²) in [5.41, 5.74) is 5.78. The molecule has 1 saturated carbocycles. The molecule has 15 heavy (non-hydrogen) atoms. The lowest BCUT2D eigenvalue weighted by molar-refractivity contribution is -0.119. The van der Waals surface area contributed by atoms with Crippen LogP contribution in [0.4, 0.5) is 0 Å². The summed E-state index contributed by atoms with van der Waals surface area (Å²) in [6.45, 7) is 3.68. The van der Waals surface area contributed by atoms with Crippen molar-refractivity contribution >= 4 is 5.78 Å². The van der Waals surface area contributed by atoms with Crippen molar-refractivity contribution in [2.24, 2.45) is 17.6 Å². The summed E-state index contributed by atoms with van der Waals surface area (Å²) in [7, 11) is 0.